The monoisotopic (exact) mass is 298 g/mol. The van der Waals surface area contributed by atoms with E-state index in [-0.39, 0.29) is 5.78 Å². The quantitative estimate of drug-likeness (QED) is 0.619. The lowest BCUT2D eigenvalue weighted by molar-refractivity contribution is 0.0958. The van der Waals surface area contributed by atoms with Crippen LogP contribution >= 0.6 is 11.6 Å². The maximum absolute atomic E-state index is 12.2. The zero-order valence-electron chi connectivity index (χ0n) is 11.7. The summed E-state index contributed by atoms with van der Waals surface area (Å²) < 4.78 is 5.59. The molecule has 0 unspecified atom stereocenters. The maximum atomic E-state index is 12.2. The zero-order valence-corrected chi connectivity index (χ0v) is 12.5. The minimum atomic E-state index is 0.00349. The molecular weight excluding hydrogens is 284 g/mol. The van der Waals surface area contributed by atoms with Gasteiger partial charge in [0.05, 0.1) is 5.02 Å². The molecule has 0 aliphatic carbocycles. The summed E-state index contributed by atoms with van der Waals surface area (Å²) in [5.41, 5.74) is 2.95. The van der Waals surface area contributed by atoms with Gasteiger partial charge in [-0.1, -0.05) is 53.6 Å². The Balaban J connectivity index is 1.76. The first kappa shape index (κ1) is 13.9. The third-order valence-corrected chi connectivity index (χ3v) is 3.79. The summed E-state index contributed by atoms with van der Waals surface area (Å²) in [7, 11) is 0. The van der Waals surface area contributed by atoms with Crippen LogP contribution in [0.3, 0.4) is 0 Å². The van der Waals surface area contributed by atoms with E-state index in [0.29, 0.717) is 29.2 Å². The molecule has 0 saturated heterocycles. The molecule has 0 radical (unpaired) electrons. The van der Waals surface area contributed by atoms with Crippen molar-refractivity contribution in [1.29, 1.82) is 0 Å². The lowest BCUT2D eigenvalue weighted by Crippen LogP contribution is -1.99. The molecule has 3 rings (SSSR count). The molecule has 1 heterocycles. The van der Waals surface area contributed by atoms with Gasteiger partial charge in [0.25, 0.3) is 0 Å². The fourth-order valence-electron chi connectivity index (χ4n) is 2.41. The van der Waals surface area contributed by atoms with E-state index in [9.17, 15) is 4.79 Å². The largest absolute Gasteiger partial charge is 0.451 e. The Hall–Kier alpha value is -2.06. The van der Waals surface area contributed by atoms with Gasteiger partial charge in [-0.05, 0) is 31.0 Å². The van der Waals surface area contributed by atoms with Gasteiger partial charge in [0.1, 0.15) is 0 Å². The van der Waals surface area contributed by atoms with Crippen molar-refractivity contribution in [3.05, 3.63) is 70.4 Å². The van der Waals surface area contributed by atoms with Crippen LogP contribution < -0.4 is 0 Å². The predicted octanol–water partition coefficient (Wildman–Crippen LogP) is 5.21. The minimum Gasteiger partial charge on any atom is -0.451 e. The predicted molar refractivity (Wildman–Crippen MR) is 85.1 cm³/mol. The fraction of sp³-hybridized carbons (Fsp3) is 0.167. The van der Waals surface area contributed by atoms with Crippen LogP contribution in [0.15, 0.2) is 52.9 Å². The van der Waals surface area contributed by atoms with E-state index in [0.717, 1.165) is 10.9 Å². The molecule has 0 N–H and O–H groups in total. The Labute approximate surface area is 128 Å². The van der Waals surface area contributed by atoms with Gasteiger partial charge in [0.15, 0.2) is 17.1 Å². The van der Waals surface area contributed by atoms with Crippen molar-refractivity contribution >= 4 is 28.4 Å². The molecular formula is C18H15ClO2. The molecule has 0 bridgehead atoms. The number of ketones is 1. The highest BCUT2D eigenvalue weighted by atomic mass is 35.5. The first-order valence-electron chi connectivity index (χ1n) is 6.90. The number of aryl methyl sites for hydroxylation is 2. The second-order valence-electron chi connectivity index (χ2n) is 5.18. The molecule has 0 spiro atoms. The molecule has 3 aromatic rings. The van der Waals surface area contributed by atoms with Crippen LogP contribution in [-0.4, -0.2) is 5.78 Å². The van der Waals surface area contributed by atoms with Crippen LogP contribution in [0.5, 0.6) is 0 Å². The Morgan fingerprint density at radius 3 is 2.71 bits per heavy atom. The van der Waals surface area contributed by atoms with Crippen molar-refractivity contribution in [2.45, 2.75) is 19.8 Å². The van der Waals surface area contributed by atoms with Gasteiger partial charge in [0.2, 0.25) is 0 Å². The molecule has 0 amide bonds. The molecule has 0 saturated carbocycles. The van der Waals surface area contributed by atoms with Crippen molar-refractivity contribution in [3.63, 3.8) is 0 Å². The third kappa shape index (κ3) is 3.01. The van der Waals surface area contributed by atoms with E-state index in [2.05, 4.69) is 6.07 Å². The molecule has 106 valence electrons. The van der Waals surface area contributed by atoms with Crippen LogP contribution in [-0.2, 0) is 6.42 Å². The van der Waals surface area contributed by atoms with E-state index in [4.69, 9.17) is 16.0 Å². The van der Waals surface area contributed by atoms with Gasteiger partial charge in [-0.15, -0.1) is 0 Å². The van der Waals surface area contributed by atoms with Crippen LogP contribution in [0.4, 0.5) is 0 Å². The van der Waals surface area contributed by atoms with Gasteiger partial charge in [-0.2, -0.15) is 0 Å². The van der Waals surface area contributed by atoms with Gasteiger partial charge in [0, 0.05) is 11.8 Å². The third-order valence-electron chi connectivity index (χ3n) is 3.49. The number of carbonyl (C=O) groups excluding carboxylic acids is 1. The SMILES string of the molecule is Cc1cccc(CCC(=O)c2cc3cccc(Cl)c3o2)c1. The summed E-state index contributed by atoms with van der Waals surface area (Å²) in [6.45, 7) is 2.05. The van der Waals surface area contributed by atoms with Crippen LogP contribution in [0, 0.1) is 6.92 Å². The fourth-order valence-corrected chi connectivity index (χ4v) is 2.63. The number of hydrogen-bond donors (Lipinski definition) is 0. The normalized spacial score (nSPS) is 11.0. The Kier molecular flexibility index (Phi) is 3.80. The Morgan fingerprint density at radius 2 is 1.95 bits per heavy atom. The molecule has 0 aliphatic heterocycles. The van der Waals surface area contributed by atoms with E-state index >= 15 is 0 Å². The molecule has 0 aliphatic rings. The second kappa shape index (κ2) is 5.74. The van der Waals surface area contributed by atoms with Crippen molar-refractivity contribution < 1.29 is 9.21 Å². The first-order valence-corrected chi connectivity index (χ1v) is 7.28. The number of rotatable bonds is 4. The van der Waals surface area contributed by atoms with Crippen molar-refractivity contribution in [2.75, 3.05) is 0 Å². The number of benzene rings is 2. The maximum Gasteiger partial charge on any atom is 0.198 e. The standard InChI is InChI=1S/C18H15ClO2/c1-12-4-2-5-13(10-12)8-9-16(20)17-11-14-6-3-7-15(19)18(14)21-17/h2-7,10-11H,8-9H2,1H3. The highest BCUT2D eigenvalue weighted by Gasteiger charge is 2.13. The smallest absolute Gasteiger partial charge is 0.198 e. The van der Waals surface area contributed by atoms with Crippen LogP contribution in [0.2, 0.25) is 5.02 Å². The van der Waals surface area contributed by atoms with Crippen LogP contribution in [0.25, 0.3) is 11.0 Å². The molecule has 2 nitrogen and oxygen atoms in total. The number of hydrogen-bond acceptors (Lipinski definition) is 2. The minimum absolute atomic E-state index is 0.00349. The molecule has 0 fully saturated rings. The molecule has 21 heavy (non-hydrogen) atoms. The van der Waals surface area contributed by atoms with Crippen molar-refractivity contribution in [1.82, 2.24) is 0 Å². The summed E-state index contributed by atoms with van der Waals surface area (Å²) in [6, 6.07) is 15.5. The number of furan rings is 1. The van der Waals surface area contributed by atoms with Crippen LogP contribution in [0.1, 0.15) is 28.1 Å². The molecule has 1 aromatic heterocycles. The van der Waals surface area contributed by atoms with E-state index in [1.54, 1.807) is 12.1 Å². The van der Waals surface area contributed by atoms with Crippen molar-refractivity contribution in [2.24, 2.45) is 0 Å². The van der Waals surface area contributed by atoms with Gasteiger partial charge in [-0.25, -0.2) is 0 Å². The number of Topliss-reactive ketones (excluding diaryl/α,β-unsaturated/α-hetero) is 1. The topological polar surface area (TPSA) is 30.2 Å². The summed E-state index contributed by atoms with van der Waals surface area (Å²) in [6.07, 6.45) is 1.15. The lowest BCUT2D eigenvalue weighted by Gasteiger charge is -2.01. The number of para-hydroxylation sites is 1. The highest BCUT2D eigenvalue weighted by Crippen LogP contribution is 2.27. The summed E-state index contributed by atoms with van der Waals surface area (Å²) >= 11 is 6.06. The molecule has 2 aromatic carbocycles. The highest BCUT2D eigenvalue weighted by molar-refractivity contribution is 6.34. The number of halogens is 1. The molecule has 3 heteroatoms. The second-order valence-corrected chi connectivity index (χ2v) is 5.59. The van der Waals surface area contributed by atoms with E-state index in [1.807, 2.05) is 37.3 Å². The lowest BCUT2D eigenvalue weighted by atomic mass is 10.0. The number of carbonyl (C=O) groups is 1. The first-order chi connectivity index (χ1) is 10.1. The zero-order chi connectivity index (χ0) is 14.8. The summed E-state index contributed by atoms with van der Waals surface area (Å²) in [5, 5.41) is 1.40. The summed E-state index contributed by atoms with van der Waals surface area (Å²) in [5.74, 6) is 0.384. The average molecular weight is 299 g/mol. The Bertz CT molecular complexity index is 802. The summed E-state index contributed by atoms with van der Waals surface area (Å²) in [4.78, 5) is 12.2. The van der Waals surface area contributed by atoms with Gasteiger partial charge < -0.3 is 4.42 Å². The average Bonchev–Trinajstić information content (AvgIpc) is 2.90. The van der Waals surface area contributed by atoms with Gasteiger partial charge in [-0.3, -0.25) is 4.79 Å². The Morgan fingerprint density at radius 1 is 1.14 bits per heavy atom. The van der Waals surface area contributed by atoms with Crippen molar-refractivity contribution in [3.8, 4) is 0 Å². The molecule has 0 atom stereocenters. The van der Waals surface area contributed by atoms with E-state index in [1.165, 1.54) is 5.56 Å². The van der Waals surface area contributed by atoms with Gasteiger partial charge >= 0.3 is 0 Å². The number of fused-ring (bicyclic) bond motifs is 1. The van der Waals surface area contributed by atoms with E-state index < -0.39 is 0 Å².